The van der Waals surface area contributed by atoms with Crippen LogP contribution < -0.4 is 4.90 Å². The van der Waals surface area contributed by atoms with E-state index >= 15 is 0 Å². The van der Waals surface area contributed by atoms with Crippen LogP contribution >= 0.6 is 0 Å². The summed E-state index contributed by atoms with van der Waals surface area (Å²) in [6.07, 6.45) is 13.3. The molecule has 1 amide bonds. The van der Waals surface area contributed by atoms with E-state index in [4.69, 9.17) is 0 Å². The molecule has 2 aliphatic rings. The maximum Gasteiger partial charge on any atom is 0.244 e. The van der Waals surface area contributed by atoms with Crippen LogP contribution in [0.4, 0.5) is 5.69 Å². The molecule has 28 heavy (non-hydrogen) atoms. The third kappa shape index (κ3) is 3.38. The maximum absolute atomic E-state index is 12.7. The van der Waals surface area contributed by atoms with E-state index in [-0.39, 0.29) is 11.9 Å². The maximum atomic E-state index is 12.7. The summed E-state index contributed by atoms with van der Waals surface area (Å²) < 4.78 is 3.53. The van der Waals surface area contributed by atoms with Crippen molar-refractivity contribution in [3.8, 4) is 17.2 Å². The summed E-state index contributed by atoms with van der Waals surface area (Å²) in [7, 11) is 1.87. The summed E-state index contributed by atoms with van der Waals surface area (Å²) in [6.45, 7) is 2.04. The van der Waals surface area contributed by atoms with Gasteiger partial charge >= 0.3 is 0 Å². The van der Waals surface area contributed by atoms with Crippen molar-refractivity contribution in [1.29, 1.82) is 5.26 Å². The highest BCUT2D eigenvalue weighted by Crippen LogP contribution is 2.35. The van der Waals surface area contributed by atoms with Gasteiger partial charge in [-0.25, -0.2) is 4.52 Å². The molecule has 2 fully saturated rings. The average Bonchev–Trinajstić information content (AvgIpc) is 3.32. The highest BCUT2D eigenvalue weighted by atomic mass is 16.2. The molecule has 7 heteroatoms. The van der Waals surface area contributed by atoms with Gasteiger partial charge in [0.25, 0.3) is 0 Å². The molecule has 0 radical (unpaired) electrons. The Labute approximate surface area is 164 Å². The monoisotopic (exact) mass is 376 g/mol. The largest absolute Gasteiger partial charge is 0.306 e. The van der Waals surface area contributed by atoms with E-state index in [1.807, 2.05) is 38.5 Å². The molecule has 0 bridgehead atoms. The van der Waals surface area contributed by atoms with E-state index in [1.165, 1.54) is 19.3 Å². The molecule has 2 atom stereocenters. The SMILES string of the molecule is C1CC1.CCC1CC(C#N)C(=O)N1c1ccnn2cc(-c3cnn(C)c3)cc12. The molecule has 0 N–H and O–H groups in total. The number of aryl methyl sites for hydroxylation is 1. The molecule has 1 aliphatic carbocycles. The summed E-state index contributed by atoms with van der Waals surface area (Å²) in [5.41, 5.74) is 3.64. The van der Waals surface area contributed by atoms with Crippen molar-refractivity contribution in [3.63, 3.8) is 0 Å². The Bertz CT molecular complexity index is 1040. The minimum absolute atomic E-state index is 0.0418. The Morgan fingerprint density at radius 3 is 2.61 bits per heavy atom. The van der Waals surface area contributed by atoms with Crippen LogP contribution in [-0.2, 0) is 11.8 Å². The normalized spacial score (nSPS) is 20.8. The number of aromatic nitrogens is 4. The Kier molecular flexibility index (Phi) is 4.86. The molecule has 0 aromatic carbocycles. The number of fused-ring (bicyclic) bond motifs is 1. The Morgan fingerprint density at radius 1 is 1.21 bits per heavy atom. The van der Waals surface area contributed by atoms with E-state index < -0.39 is 5.92 Å². The van der Waals surface area contributed by atoms with Crippen molar-refractivity contribution in [3.05, 3.63) is 36.9 Å². The van der Waals surface area contributed by atoms with Crippen LogP contribution in [0.2, 0.25) is 0 Å². The summed E-state index contributed by atoms with van der Waals surface area (Å²) >= 11 is 0. The molecule has 1 saturated carbocycles. The summed E-state index contributed by atoms with van der Waals surface area (Å²) in [4.78, 5) is 14.5. The topological polar surface area (TPSA) is 79.2 Å². The number of anilines is 1. The molecule has 7 nitrogen and oxygen atoms in total. The highest BCUT2D eigenvalue weighted by Gasteiger charge is 2.40. The first-order chi connectivity index (χ1) is 13.6. The van der Waals surface area contributed by atoms with Gasteiger partial charge in [0, 0.05) is 42.8 Å². The lowest BCUT2D eigenvalue weighted by Crippen LogP contribution is -2.33. The van der Waals surface area contributed by atoms with Gasteiger partial charge in [-0.1, -0.05) is 26.2 Å². The van der Waals surface area contributed by atoms with Crippen LogP contribution in [0.3, 0.4) is 0 Å². The first-order valence-corrected chi connectivity index (χ1v) is 9.81. The van der Waals surface area contributed by atoms with E-state index in [0.717, 1.165) is 28.8 Å². The van der Waals surface area contributed by atoms with Gasteiger partial charge < -0.3 is 4.90 Å². The third-order valence-electron chi connectivity index (χ3n) is 5.17. The molecule has 3 aromatic heterocycles. The van der Waals surface area contributed by atoms with Crippen LogP contribution in [-0.4, -0.2) is 31.3 Å². The average molecular weight is 376 g/mol. The smallest absolute Gasteiger partial charge is 0.244 e. The lowest BCUT2D eigenvalue weighted by Gasteiger charge is -2.24. The van der Waals surface area contributed by atoms with Gasteiger partial charge in [-0.15, -0.1) is 0 Å². The molecule has 144 valence electrons. The van der Waals surface area contributed by atoms with E-state index in [1.54, 1.807) is 26.5 Å². The molecule has 5 rings (SSSR count). The van der Waals surface area contributed by atoms with Crippen molar-refractivity contribution in [2.45, 2.75) is 45.1 Å². The van der Waals surface area contributed by atoms with Crippen LogP contribution in [0.25, 0.3) is 16.6 Å². The number of hydrogen-bond donors (Lipinski definition) is 0. The zero-order chi connectivity index (χ0) is 19.7. The minimum Gasteiger partial charge on any atom is -0.306 e. The van der Waals surface area contributed by atoms with Crippen molar-refractivity contribution in [1.82, 2.24) is 19.4 Å². The number of carbonyl (C=O) groups excluding carboxylic acids is 1. The molecule has 2 unspecified atom stereocenters. The van der Waals surface area contributed by atoms with E-state index in [9.17, 15) is 10.1 Å². The summed E-state index contributed by atoms with van der Waals surface area (Å²) in [5, 5.41) is 17.8. The Hall–Kier alpha value is -3.14. The highest BCUT2D eigenvalue weighted by molar-refractivity contribution is 6.03. The van der Waals surface area contributed by atoms with Gasteiger partial charge in [0.1, 0.15) is 5.92 Å². The predicted octanol–water partition coefficient (Wildman–Crippen LogP) is 3.56. The van der Waals surface area contributed by atoms with Gasteiger partial charge in [0.15, 0.2) is 0 Å². The fourth-order valence-electron chi connectivity index (χ4n) is 3.53. The fraction of sp³-hybridized carbons (Fsp3) is 0.429. The third-order valence-corrected chi connectivity index (χ3v) is 5.17. The summed E-state index contributed by atoms with van der Waals surface area (Å²) in [5.74, 6) is -0.683. The number of amides is 1. The second-order valence-corrected chi connectivity index (χ2v) is 7.43. The van der Waals surface area contributed by atoms with Gasteiger partial charge in [-0.05, 0) is 25.0 Å². The van der Waals surface area contributed by atoms with Gasteiger partial charge in [-0.3, -0.25) is 9.48 Å². The predicted molar refractivity (Wildman–Crippen MR) is 107 cm³/mol. The standard InChI is InChI=1S/C18H18N6O.C3H6/c1-3-15-6-12(8-19)18(25)24(15)16-4-5-20-23-11-13(7-17(16)23)14-9-21-22(2)10-14;1-2-3-1/h4-5,7,9-12,15H,3,6H2,1-2H3;1-3H2. The molecule has 3 aromatic rings. The van der Waals surface area contributed by atoms with Crippen molar-refractivity contribution >= 4 is 17.1 Å². The second-order valence-electron chi connectivity index (χ2n) is 7.43. The molecule has 4 heterocycles. The number of carbonyl (C=O) groups is 1. The fourth-order valence-corrected chi connectivity index (χ4v) is 3.53. The first-order valence-electron chi connectivity index (χ1n) is 9.81. The zero-order valence-corrected chi connectivity index (χ0v) is 16.2. The van der Waals surface area contributed by atoms with Crippen LogP contribution in [0.15, 0.2) is 36.9 Å². The minimum atomic E-state index is -0.564. The van der Waals surface area contributed by atoms with Crippen LogP contribution in [0.1, 0.15) is 39.0 Å². The molecule has 1 saturated heterocycles. The molecule has 1 aliphatic heterocycles. The van der Waals surface area contributed by atoms with Gasteiger partial charge in [0.05, 0.1) is 23.5 Å². The lowest BCUT2D eigenvalue weighted by molar-refractivity contribution is -0.119. The lowest BCUT2D eigenvalue weighted by atomic mass is 10.1. The van der Waals surface area contributed by atoms with Crippen molar-refractivity contribution in [2.75, 3.05) is 4.90 Å². The van der Waals surface area contributed by atoms with Crippen LogP contribution in [0, 0.1) is 17.2 Å². The Balaban J connectivity index is 0.000000586. The number of rotatable bonds is 3. The first kappa shape index (κ1) is 18.2. The molecule has 0 spiro atoms. The van der Waals surface area contributed by atoms with E-state index in [2.05, 4.69) is 16.3 Å². The van der Waals surface area contributed by atoms with Crippen molar-refractivity contribution in [2.24, 2.45) is 13.0 Å². The Morgan fingerprint density at radius 2 is 2.00 bits per heavy atom. The van der Waals surface area contributed by atoms with Crippen molar-refractivity contribution < 1.29 is 4.79 Å². The molecular weight excluding hydrogens is 352 g/mol. The molecular formula is C21H24N6O. The number of nitrogens with zero attached hydrogens (tertiary/aromatic N) is 6. The van der Waals surface area contributed by atoms with Gasteiger partial charge in [0.2, 0.25) is 5.91 Å². The number of hydrogen-bond acceptors (Lipinski definition) is 4. The number of nitriles is 1. The quantitative estimate of drug-likeness (QED) is 0.700. The zero-order valence-electron chi connectivity index (χ0n) is 16.2. The van der Waals surface area contributed by atoms with Gasteiger partial charge in [-0.2, -0.15) is 15.5 Å². The second kappa shape index (κ2) is 7.47. The van der Waals surface area contributed by atoms with Crippen LogP contribution in [0.5, 0.6) is 0 Å². The van der Waals surface area contributed by atoms with E-state index in [0.29, 0.717) is 6.42 Å². The summed E-state index contributed by atoms with van der Waals surface area (Å²) in [6, 6.07) is 6.04.